The molecule has 5 N–H and O–H groups in total. The van der Waals surface area contributed by atoms with Gasteiger partial charge in [-0.25, -0.2) is 4.79 Å². The molecule has 0 heterocycles. The Morgan fingerprint density at radius 2 is 1.86 bits per heavy atom. The number of aliphatic carboxylic acids is 1. The van der Waals surface area contributed by atoms with E-state index >= 15 is 0 Å². The zero-order valence-corrected chi connectivity index (χ0v) is 3.79. The van der Waals surface area contributed by atoms with Crippen LogP contribution >= 0.6 is 0 Å². The molecule has 0 fully saturated rings. The van der Waals surface area contributed by atoms with Crippen molar-refractivity contribution >= 4 is 5.97 Å². The second-order valence-corrected chi connectivity index (χ2v) is 0.542. The van der Waals surface area contributed by atoms with Crippen molar-refractivity contribution in [1.82, 2.24) is 0 Å². The fraction of sp³-hybridized carbons (Fsp3) is 0. The van der Waals surface area contributed by atoms with Gasteiger partial charge in [-0.15, -0.1) is 0 Å². The maximum Gasteiger partial charge on any atom is 0.327 e. The van der Waals surface area contributed by atoms with E-state index in [1.54, 1.807) is 0 Å². The zero-order chi connectivity index (χ0) is 6.28. The third-order valence-electron chi connectivity index (χ3n) is 0.175. The number of carbonyl (C=O) groups is 1. The molecule has 0 spiro atoms. The van der Waals surface area contributed by atoms with Crippen LogP contribution in [0.4, 0.5) is 0 Å². The molecule has 0 aromatic carbocycles. The van der Waals surface area contributed by atoms with Crippen LogP contribution in [0.2, 0.25) is 0 Å². The van der Waals surface area contributed by atoms with Crippen molar-refractivity contribution in [2.24, 2.45) is 11.7 Å². The fourth-order valence-corrected chi connectivity index (χ4v) is 0. The molecular weight excluding hydrogens is 96.0 g/mol. The first-order valence-corrected chi connectivity index (χ1v) is 1.46. The first-order chi connectivity index (χ1) is 3.27. The van der Waals surface area contributed by atoms with Crippen LogP contribution in [-0.4, -0.2) is 11.1 Å². The molecule has 7 heavy (non-hydrogen) atoms. The van der Waals surface area contributed by atoms with Crippen molar-refractivity contribution < 1.29 is 9.90 Å². The van der Waals surface area contributed by atoms with Crippen molar-refractivity contribution in [3.63, 3.8) is 0 Å². The minimum atomic E-state index is -0.981. The first kappa shape index (κ1) is 9.46. The number of hydrazine groups is 1. The highest BCUT2D eigenvalue weighted by atomic mass is 16.4. The third-order valence-corrected chi connectivity index (χ3v) is 0.175. The minimum Gasteiger partial charge on any atom is -0.478 e. The molecule has 0 amide bonds. The Morgan fingerprint density at radius 1 is 1.71 bits per heavy atom. The molecule has 0 unspecified atom stereocenters. The van der Waals surface area contributed by atoms with E-state index in [1.807, 2.05) is 0 Å². The van der Waals surface area contributed by atoms with Gasteiger partial charge in [-0.3, -0.25) is 11.7 Å². The first-order valence-electron chi connectivity index (χ1n) is 1.46. The Morgan fingerprint density at radius 3 is 1.86 bits per heavy atom. The molecule has 0 saturated heterocycles. The lowest BCUT2D eigenvalue weighted by Crippen LogP contribution is -2.02. The third kappa shape index (κ3) is 39.4. The summed E-state index contributed by atoms with van der Waals surface area (Å²) in [5, 5.41) is 7.60. The number of hydrogen-bond donors (Lipinski definition) is 3. The summed E-state index contributed by atoms with van der Waals surface area (Å²) in [4.78, 5) is 9.25. The molecule has 0 radical (unpaired) electrons. The van der Waals surface area contributed by atoms with E-state index in [-0.39, 0.29) is 0 Å². The molecule has 0 aliphatic carbocycles. The topological polar surface area (TPSA) is 89.3 Å². The van der Waals surface area contributed by atoms with Gasteiger partial charge < -0.3 is 5.11 Å². The molecule has 4 heteroatoms. The van der Waals surface area contributed by atoms with Gasteiger partial charge in [0.1, 0.15) is 0 Å². The van der Waals surface area contributed by atoms with Crippen LogP contribution in [0.1, 0.15) is 0 Å². The molecular formula is C3H8N2O2. The van der Waals surface area contributed by atoms with Crippen LogP contribution < -0.4 is 11.7 Å². The van der Waals surface area contributed by atoms with Crippen LogP contribution in [-0.2, 0) is 4.79 Å². The van der Waals surface area contributed by atoms with Crippen LogP contribution in [0.25, 0.3) is 0 Å². The summed E-state index contributed by atoms with van der Waals surface area (Å²) in [5.74, 6) is 7.02. The quantitative estimate of drug-likeness (QED) is 0.228. The summed E-state index contributed by atoms with van der Waals surface area (Å²) in [6.07, 6.45) is 0.833. The molecule has 0 saturated carbocycles. The second kappa shape index (κ2) is 8.93. The van der Waals surface area contributed by atoms with Crippen LogP contribution in [0.15, 0.2) is 12.7 Å². The summed E-state index contributed by atoms with van der Waals surface area (Å²) < 4.78 is 0. The van der Waals surface area contributed by atoms with Gasteiger partial charge in [-0.2, -0.15) is 0 Å². The zero-order valence-electron chi connectivity index (χ0n) is 3.79. The molecule has 0 aliphatic heterocycles. The Bertz CT molecular complexity index is 62.0. The van der Waals surface area contributed by atoms with E-state index in [4.69, 9.17) is 5.11 Å². The van der Waals surface area contributed by atoms with Crippen LogP contribution in [0.3, 0.4) is 0 Å². The van der Waals surface area contributed by atoms with E-state index in [2.05, 4.69) is 18.3 Å². The maximum absolute atomic E-state index is 9.25. The standard InChI is InChI=1S/C3H4O2.H4N2/c1-2-3(4)5;1-2/h2H,1H2,(H,4,5);1-2H2. The Balaban J connectivity index is 0. The largest absolute Gasteiger partial charge is 0.478 e. The smallest absolute Gasteiger partial charge is 0.327 e. The van der Waals surface area contributed by atoms with Gasteiger partial charge in [0.05, 0.1) is 0 Å². The van der Waals surface area contributed by atoms with E-state index < -0.39 is 5.97 Å². The Hall–Kier alpha value is -0.870. The van der Waals surface area contributed by atoms with E-state index in [0.717, 1.165) is 6.08 Å². The van der Waals surface area contributed by atoms with E-state index in [9.17, 15) is 4.79 Å². The SMILES string of the molecule is C=CC(=O)O.NN. The fourth-order valence-electron chi connectivity index (χ4n) is 0. The predicted octanol–water partition coefficient (Wildman–Crippen LogP) is -0.924. The van der Waals surface area contributed by atoms with Gasteiger partial charge in [-0.1, -0.05) is 6.58 Å². The summed E-state index contributed by atoms with van der Waals surface area (Å²) in [5.41, 5.74) is 0. The van der Waals surface area contributed by atoms with Crippen LogP contribution in [0.5, 0.6) is 0 Å². The second-order valence-electron chi connectivity index (χ2n) is 0.542. The van der Waals surface area contributed by atoms with Gasteiger partial charge in [0.2, 0.25) is 0 Å². The van der Waals surface area contributed by atoms with Gasteiger partial charge >= 0.3 is 5.97 Å². The van der Waals surface area contributed by atoms with Gasteiger partial charge in [0, 0.05) is 6.08 Å². The number of hydrogen-bond acceptors (Lipinski definition) is 3. The highest BCUT2D eigenvalue weighted by Crippen LogP contribution is 1.54. The minimum absolute atomic E-state index is 0.833. The Labute approximate surface area is 41.4 Å². The average Bonchev–Trinajstić information content (AvgIpc) is 1.73. The van der Waals surface area contributed by atoms with Crippen molar-refractivity contribution in [2.75, 3.05) is 0 Å². The predicted molar refractivity (Wildman–Crippen MR) is 26.2 cm³/mol. The molecule has 0 rings (SSSR count). The highest BCUT2D eigenvalue weighted by molar-refractivity contribution is 5.78. The molecule has 0 aliphatic rings. The van der Waals surface area contributed by atoms with Crippen molar-refractivity contribution in [3.8, 4) is 0 Å². The number of nitrogens with two attached hydrogens (primary N) is 2. The van der Waals surface area contributed by atoms with Gasteiger partial charge in [-0.05, 0) is 0 Å². The molecule has 42 valence electrons. The molecule has 0 bridgehead atoms. The van der Waals surface area contributed by atoms with E-state index in [0.29, 0.717) is 0 Å². The summed E-state index contributed by atoms with van der Waals surface area (Å²) >= 11 is 0. The van der Waals surface area contributed by atoms with Crippen molar-refractivity contribution in [2.45, 2.75) is 0 Å². The lowest BCUT2D eigenvalue weighted by molar-refractivity contribution is -0.131. The molecule has 4 nitrogen and oxygen atoms in total. The normalized spacial score (nSPS) is 5.43. The monoisotopic (exact) mass is 104 g/mol. The molecule has 0 aromatic heterocycles. The molecule has 0 atom stereocenters. The number of rotatable bonds is 1. The average molecular weight is 104 g/mol. The van der Waals surface area contributed by atoms with E-state index in [1.165, 1.54) is 0 Å². The number of carboxylic acids is 1. The van der Waals surface area contributed by atoms with Crippen LogP contribution in [0, 0.1) is 0 Å². The van der Waals surface area contributed by atoms with Crippen molar-refractivity contribution in [3.05, 3.63) is 12.7 Å². The lowest BCUT2D eigenvalue weighted by Gasteiger charge is -1.64. The summed E-state index contributed by atoms with van der Waals surface area (Å²) in [6, 6.07) is 0. The Kier molecular flexibility index (Phi) is 12.1. The van der Waals surface area contributed by atoms with Crippen molar-refractivity contribution in [1.29, 1.82) is 0 Å². The van der Waals surface area contributed by atoms with Gasteiger partial charge in [0.25, 0.3) is 0 Å². The highest BCUT2D eigenvalue weighted by Gasteiger charge is 1.73. The summed E-state index contributed by atoms with van der Waals surface area (Å²) in [6.45, 7) is 2.96. The lowest BCUT2D eigenvalue weighted by atomic mass is 10.7. The van der Waals surface area contributed by atoms with Gasteiger partial charge in [0.15, 0.2) is 0 Å². The summed E-state index contributed by atoms with van der Waals surface area (Å²) in [7, 11) is 0. The molecule has 0 aromatic rings. The maximum atomic E-state index is 9.25. The number of carboxylic acid groups (broad SMARTS) is 1.